The highest BCUT2D eigenvalue weighted by Gasteiger charge is 2.28. The number of carbonyl (C=O) groups is 2. The van der Waals surface area contributed by atoms with Crippen LogP contribution in [0.25, 0.3) is 0 Å². The second-order valence-corrected chi connectivity index (χ2v) is 6.59. The molecule has 0 spiro atoms. The van der Waals surface area contributed by atoms with E-state index in [0.717, 1.165) is 12.1 Å². The van der Waals surface area contributed by atoms with E-state index >= 15 is 0 Å². The van der Waals surface area contributed by atoms with Crippen molar-refractivity contribution >= 4 is 12.0 Å². The van der Waals surface area contributed by atoms with Crippen LogP contribution in [0.1, 0.15) is 31.0 Å². The van der Waals surface area contributed by atoms with E-state index in [-0.39, 0.29) is 6.42 Å². The first-order valence-electron chi connectivity index (χ1n) is 7.98. The third kappa shape index (κ3) is 5.27. The zero-order chi connectivity index (χ0) is 19.3. The molecular weight excluding hydrogens is 342 g/mol. The highest BCUT2D eigenvalue weighted by atomic mass is 19.2. The van der Waals surface area contributed by atoms with Gasteiger partial charge in [0.15, 0.2) is 11.6 Å². The van der Waals surface area contributed by atoms with Crippen molar-refractivity contribution in [2.45, 2.75) is 31.8 Å². The van der Waals surface area contributed by atoms with Gasteiger partial charge in [0.2, 0.25) is 5.91 Å². The fraction of sp³-hybridized carbons (Fsp3) is 0.263. The smallest absolute Gasteiger partial charge is 0.405 e. The van der Waals surface area contributed by atoms with Crippen LogP contribution in [0.3, 0.4) is 0 Å². The molecule has 2 rings (SSSR count). The topological polar surface area (TPSA) is 78.4 Å². The largest absolute Gasteiger partial charge is 0.465 e. The summed E-state index contributed by atoms with van der Waals surface area (Å²) in [5.74, 6) is -2.43. The molecule has 2 amide bonds. The molecule has 0 heterocycles. The van der Waals surface area contributed by atoms with Gasteiger partial charge in [-0.1, -0.05) is 36.4 Å². The quantitative estimate of drug-likeness (QED) is 0.737. The second kappa shape index (κ2) is 7.95. The van der Waals surface area contributed by atoms with Crippen LogP contribution >= 0.6 is 0 Å². The third-order valence-electron chi connectivity index (χ3n) is 3.75. The van der Waals surface area contributed by atoms with Crippen LogP contribution in [0.5, 0.6) is 0 Å². The molecule has 0 saturated carbocycles. The molecule has 0 radical (unpaired) electrons. The van der Waals surface area contributed by atoms with Crippen LogP contribution in [0.15, 0.2) is 48.5 Å². The molecule has 0 fully saturated rings. The molecule has 0 aliphatic carbocycles. The van der Waals surface area contributed by atoms with Crippen molar-refractivity contribution in [3.05, 3.63) is 71.3 Å². The molecule has 1 atom stereocenters. The van der Waals surface area contributed by atoms with Crippen molar-refractivity contribution < 1.29 is 23.5 Å². The van der Waals surface area contributed by atoms with Gasteiger partial charge in [0, 0.05) is 5.54 Å². The zero-order valence-electron chi connectivity index (χ0n) is 14.4. The first kappa shape index (κ1) is 19.4. The summed E-state index contributed by atoms with van der Waals surface area (Å²) < 4.78 is 26.4. The van der Waals surface area contributed by atoms with Gasteiger partial charge in [-0.05, 0) is 43.5 Å². The van der Waals surface area contributed by atoms with Gasteiger partial charge >= 0.3 is 6.09 Å². The summed E-state index contributed by atoms with van der Waals surface area (Å²) in [6, 6.07) is 10.9. The number of carbonyl (C=O) groups excluding carboxylic acids is 1. The lowest BCUT2D eigenvalue weighted by molar-refractivity contribution is -0.124. The van der Waals surface area contributed by atoms with Gasteiger partial charge in [-0.3, -0.25) is 4.79 Å². The number of hydrogen-bond acceptors (Lipinski definition) is 2. The van der Waals surface area contributed by atoms with Crippen molar-refractivity contribution in [3.63, 3.8) is 0 Å². The molecule has 2 aromatic carbocycles. The fourth-order valence-electron chi connectivity index (χ4n) is 2.68. The van der Waals surface area contributed by atoms with E-state index in [4.69, 9.17) is 5.11 Å². The predicted molar refractivity (Wildman–Crippen MR) is 92.6 cm³/mol. The van der Waals surface area contributed by atoms with E-state index in [1.807, 2.05) is 0 Å². The van der Waals surface area contributed by atoms with E-state index in [1.54, 1.807) is 44.2 Å². The van der Waals surface area contributed by atoms with Crippen molar-refractivity contribution in [3.8, 4) is 0 Å². The highest BCUT2D eigenvalue weighted by Crippen LogP contribution is 2.19. The van der Waals surface area contributed by atoms with Gasteiger partial charge in [0.25, 0.3) is 0 Å². The Hall–Kier alpha value is -2.96. The summed E-state index contributed by atoms with van der Waals surface area (Å²) in [6.45, 7) is 3.43. The average molecular weight is 362 g/mol. The molecule has 26 heavy (non-hydrogen) atoms. The Balaban J connectivity index is 2.15. The number of rotatable bonds is 6. The molecule has 2 aromatic rings. The molecule has 0 aromatic heterocycles. The molecule has 0 bridgehead atoms. The number of nitrogens with one attached hydrogen (secondary N) is 2. The van der Waals surface area contributed by atoms with Gasteiger partial charge in [-0.25, -0.2) is 13.6 Å². The van der Waals surface area contributed by atoms with Crippen LogP contribution in [0.4, 0.5) is 13.6 Å². The number of halogens is 2. The molecular formula is C19H20F2N2O3. The summed E-state index contributed by atoms with van der Waals surface area (Å²) in [6.07, 6.45) is -1.09. The molecule has 5 nitrogen and oxygen atoms in total. The summed E-state index contributed by atoms with van der Waals surface area (Å²) in [5.41, 5.74) is 0.196. The van der Waals surface area contributed by atoms with Crippen molar-refractivity contribution in [2.75, 3.05) is 0 Å². The van der Waals surface area contributed by atoms with Gasteiger partial charge in [-0.2, -0.15) is 0 Å². The minimum absolute atomic E-state index is 0.241. The maximum Gasteiger partial charge on any atom is 0.405 e. The van der Waals surface area contributed by atoms with E-state index in [0.29, 0.717) is 11.1 Å². The first-order chi connectivity index (χ1) is 12.2. The van der Waals surface area contributed by atoms with Crippen molar-refractivity contribution in [1.82, 2.24) is 10.6 Å². The van der Waals surface area contributed by atoms with Crippen LogP contribution in [-0.2, 0) is 11.2 Å². The Kier molecular flexibility index (Phi) is 5.92. The molecule has 0 saturated heterocycles. The molecule has 3 N–H and O–H groups in total. The minimum Gasteiger partial charge on any atom is -0.465 e. The number of hydrogen-bond donors (Lipinski definition) is 3. The standard InChI is InChI=1S/C19H20F2N2O3/c1-19(2,11-12-8-9-14(20)15(21)10-12)23-17(24)16(22-18(25)26)13-6-4-3-5-7-13/h3-10,16,22H,11H2,1-2H3,(H,23,24)(H,25,26)/t16-/m0/s1. The molecule has 0 aliphatic rings. The van der Waals surface area contributed by atoms with Crippen LogP contribution in [0.2, 0.25) is 0 Å². The number of amides is 2. The molecule has 7 heteroatoms. The maximum atomic E-state index is 13.4. The van der Waals surface area contributed by atoms with Crippen molar-refractivity contribution in [2.24, 2.45) is 0 Å². The summed E-state index contributed by atoms with van der Waals surface area (Å²) in [4.78, 5) is 23.7. The third-order valence-corrected chi connectivity index (χ3v) is 3.75. The Bertz CT molecular complexity index is 795. The highest BCUT2D eigenvalue weighted by molar-refractivity contribution is 5.87. The molecule has 138 valence electrons. The molecule has 0 aliphatic heterocycles. The zero-order valence-corrected chi connectivity index (χ0v) is 14.4. The summed E-state index contributed by atoms with van der Waals surface area (Å²) in [5, 5.41) is 14.0. The Morgan fingerprint density at radius 2 is 1.73 bits per heavy atom. The van der Waals surface area contributed by atoms with E-state index in [1.165, 1.54) is 6.07 Å². The number of carboxylic acid groups (broad SMARTS) is 1. The Morgan fingerprint density at radius 1 is 1.08 bits per heavy atom. The lowest BCUT2D eigenvalue weighted by atomic mass is 9.93. The molecule has 0 unspecified atom stereocenters. The maximum absolute atomic E-state index is 13.4. The van der Waals surface area contributed by atoms with E-state index in [2.05, 4.69) is 10.6 Å². The predicted octanol–water partition coefficient (Wildman–Crippen LogP) is 3.41. The van der Waals surface area contributed by atoms with Crippen LogP contribution in [0, 0.1) is 11.6 Å². The average Bonchev–Trinajstić information content (AvgIpc) is 2.56. The normalized spacial score (nSPS) is 12.3. The van der Waals surface area contributed by atoms with Crippen LogP contribution < -0.4 is 10.6 Å². The second-order valence-electron chi connectivity index (χ2n) is 6.59. The summed E-state index contributed by atoms with van der Waals surface area (Å²) >= 11 is 0. The van der Waals surface area contributed by atoms with Gasteiger partial charge in [0.1, 0.15) is 6.04 Å². The monoisotopic (exact) mass is 362 g/mol. The first-order valence-corrected chi connectivity index (χ1v) is 7.98. The lowest BCUT2D eigenvalue weighted by Gasteiger charge is -2.29. The SMILES string of the molecule is CC(C)(Cc1ccc(F)c(F)c1)NC(=O)[C@@H](NC(=O)O)c1ccccc1. The summed E-state index contributed by atoms with van der Waals surface area (Å²) in [7, 11) is 0. The van der Waals surface area contributed by atoms with Crippen LogP contribution in [-0.4, -0.2) is 22.6 Å². The Labute approximate surface area is 150 Å². The minimum atomic E-state index is -1.33. The van der Waals surface area contributed by atoms with Gasteiger partial charge < -0.3 is 15.7 Å². The van der Waals surface area contributed by atoms with Gasteiger partial charge in [-0.15, -0.1) is 0 Å². The lowest BCUT2D eigenvalue weighted by Crippen LogP contribution is -2.50. The van der Waals surface area contributed by atoms with Crippen molar-refractivity contribution in [1.29, 1.82) is 0 Å². The fourth-order valence-corrected chi connectivity index (χ4v) is 2.68. The van der Waals surface area contributed by atoms with Gasteiger partial charge in [0.05, 0.1) is 0 Å². The van der Waals surface area contributed by atoms with E-state index in [9.17, 15) is 18.4 Å². The Morgan fingerprint density at radius 3 is 2.31 bits per heavy atom. The number of benzene rings is 2. The van der Waals surface area contributed by atoms with E-state index < -0.39 is 35.2 Å².